The second-order valence-corrected chi connectivity index (χ2v) is 7.06. The Morgan fingerprint density at radius 3 is 2.16 bits per heavy atom. The molecule has 5 nitrogen and oxygen atoms in total. The normalized spacial score (nSPS) is 22.4. The van der Waals surface area contributed by atoms with Crippen LogP contribution in [0, 0.1) is 11.8 Å². The fourth-order valence-electron chi connectivity index (χ4n) is 3.48. The van der Waals surface area contributed by atoms with Gasteiger partial charge in [0.1, 0.15) is 0 Å². The molecule has 25 heavy (non-hydrogen) atoms. The van der Waals surface area contributed by atoms with E-state index in [9.17, 15) is 14.4 Å². The highest BCUT2D eigenvalue weighted by Crippen LogP contribution is 2.35. The van der Waals surface area contributed by atoms with E-state index in [1.54, 1.807) is 0 Å². The van der Waals surface area contributed by atoms with Crippen molar-refractivity contribution in [3.8, 4) is 0 Å². The van der Waals surface area contributed by atoms with Crippen molar-refractivity contribution in [3.05, 3.63) is 42.0 Å². The summed E-state index contributed by atoms with van der Waals surface area (Å²) in [5.41, 5.74) is 1.94. The van der Waals surface area contributed by atoms with Crippen LogP contribution in [0.5, 0.6) is 0 Å². The van der Waals surface area contributed by atoms with E-state index in [0.717, 1.165) is 5.69 Å². The summed E-state index contributed by atoms with van der Waals surface area (Å²) < 4.78 is 0. The molecule has 0 radical (unpaired) electrons. The summed E-state index contributed by atoms with van der Waals surface area (Å²) >= 11 is 0. The number of fused-ring (bicyclic) bond motifs is 1. The Balaban J connectivity index is 1.54. The third kappa shape index (κ3) is 3.65. The van der Waals surface area contributed by atoms with Crippen LogP contribution in [-0.4, -0.2) is 29.2 Å². The van der Waals surface area contributed by atoms with Gasteiger partial charge in [0.05, 0.1) is 11.8 Å². The van der Waals surface area contributed by atoms with Gasteiger partial charge in [0.25, 0.3) is 0 Å². The predicted octanol–water partition coefficient (Wildman–Crippen LogP) is 3.09. The van der Waals surface area contributed by atoms with Gasteiger partial charge in [-0.3, -0.25) is 19.3 Å². The molecule has 0 unspecified atom stereocenters. The summed E-state index contributed by atoms with van der Waals surface area (Å²) in [6.07, 6.45) is 5.29. The van der Waals surface area contributed by atoms with Gasteiger partial charge in [-0.1, -0.05) is 38.1 Å². The Bertz CT molecular complexity index is 680. The standard InChI is InChI=1S/C20H24N2O3/c1-13(2)14-7-9-15(10-8-14)21-18(23)11-12-22-19(24)16-5-3-4-6-17(16)20(22)25/h3-4,7-10,13,16-17H,5-6,11-12H2,1-2H3,(H,21,23)/t16-,17-/m1/s1. The summed E-state index contributed by atoms with van der Waals surface area (Å²) in [4.78, 5) is 38.1. The van der Waals surface area contributed by atoms with Crippen LogP contribution in [0.25, 0.3) is 0 Å². The van der Waals surface area contributed by atoms with Gasteiger partial charge in [-0.25, -0.2) is 0 Å². The number of amides is 3. The second-order valence-electron chi connectivity index (χ2n) is 7.06. The monoisotopic (exact) mass is 340 g/mol. The van der Waals surface area contributed by atoms with Crippen LogP contribution in [-0.2, 0) is 14.4 Å². The molecule has 1 aromatic rings. The van der Waals surface area contributed by atoms with Gasteiger partial charge in [-0.15, -0.1) is 0 Å². The Morgan fingerprint density at radius 2 is 1.64 bits per heavy atom. The number of benzene rings is 1. The van der Waals surface area contributed by atoms with E-state index in [2.05, 4.69) is 19.2 Å². The zero-order valence-electron chi connectivity index (χ0n) is 14.7. The fourth-order valence-corrected chi connectivity index (χ4v) is 3.48. The molecule has 1 heterocycles. The number of anilines is 1. The van der Waals surface area contributed by atoms with Crippen molar-refractivity contribution in [3.63, 3.8) is 0 Å². The zero-order chi connectivity index (χ0) is 18.0. The number of nitrogens with zero attached hydrogens (tertiary/aromatic N) is 1. The highest BCUT2D eigenvalue weighted by atomic mass is 16.2. The first kappa shape index (κ1) is 17.4. The summed E-state index contributed by atoms with van der Waals surface area (Å²) in [7, 11) is 0. The third-order valence-corrected chi connectivity index (χ3v) is 5.02. The van der Waals surface area contributed by atoms with Gasteiger partial charge < -0.3 is 5.32 Å². The molecule has 0 bridgehead atoms. The van der Waals surface area contributed by atoms with E-state index in [1.807, 2.05) is 36.4 Å². The molecule has 1 fully saturated rings. The number of rotatable bonds is 5. The molecule has 5 heteroatoms. The Hall–Kier alpha value is -2.43. The molecule has 2 aliphatic rings. The molecule has 0 spiro atoms. The summed E-state index contributed by atoms with van der Waals surface area (Å²) in [5, 5.41) is 2.82. The molecule has 1 aliphatic carbocycles. The van der Waals surface area contributed by atoms with Gasteiger partial charge in [-0.2, -0.15) is 0 Å². The maximum atomic E-state index is 12.4. The minimum atomic E-state index is -0.232. The lowest BCUT2D eigenvalue weighted by atomic mass is 9.85. The van der Waals surface area contributed by atoms with Gasteiger partial charge in [0, 0.05) is 18.7 Å². The smallest absolute Gasteiger partial charge is 0.233 e. The quantitative estimate of drug-likeness (QED) is 0.662. The van der Waals surface area contributed by atoms with Gasteiger partial charge in [-0.05, 0) is 36.5 Å². The average molecular weight is 340 g/mol. The molecule has 1 saturated heterocycles. The largest absolute Gasteiger partial charge is 0.326 e. The second kappa shape index (κ2) is 7.21. The van der Waals surface area contributed by atoms with Crippen LogP contribution >= 0.6 is 0 Å². The first-order valence-electron chi connectivity index (χ1n) is 8.87. The molecule has 2 atom stereocenters. The third-order valence-electron chi connectivity index (χ3n) is 5.02. The lowest BCUT2D eigenvalue weighted by Gasteiger charge is -2.14. The average Bonchev–Trinajstić information content (AvgIpc) is 2.85. The number of carbonyl (C=O) groups excluding carboxylic acids is 3. The van der Waals surface area contributed by atoms with Crippen molar-refractivity contribution in [1.82, 2.24) is 4.90 Å². The molecule has 3 amide bonds. The highest BCUT2D eigenvalue weighted by Gasteiger charge is 2.46. The Morgan fingerprint density at radius 1 is 1.08 bits per heavy atom. The number of likely N-dealkylation sites (tertiary alicyclic amines) is 1. The van der Waals surface area contributed by atoms with E-state index >= 15 is 0 Å². The van der Waals surface area contributed by atoms with E-state index in [4.69, 9.17) is 0 Å². The summed E-state index contributed by atoms with van der Waals surface area (Å²) in [6, 6.07) is 7.73. The molecule has 132 valence electrons. The SMILES string of the molecule is CC(C)c1ccc(NC(=O)CCN2C(=O)[C@@H]3CC=CC[C@H]3C2=O)cc1. The zero-order valence-corrected chi connectivity index (χ0v) is 14.7. The first-order valence-corrected chi connectivity index (χ1v) is 8.87. The minimum Gasteiger partial charge on any atom is -0.326 e. The van der Waals surface area contributed by atoms with Gasteiger partial charge >= 0.3 is 0 Å². The number of hydrogen-bond acceptors (Lipinski definition) is 3. The van der Waals surface area contributed by atoms with E-state index < -0.39 is 0 Å². The van der Waals surface area contributed by atoms with Gasteiger partial charge in [0.15, 0.2) is 0 Å². The van der Waals surface area contributed by atoms with Crippen molar-refractivity contribution in [2.75, 3.05) is 11.9 Å². The molecular formula is C20H24N2O3. The van der Waals surface area contributed by atoms with Crippen LogP contribution < -0.4 is 5.32 Å². The number of carbonyl (C=O) groups is 3. The molecule has 1 N–H and O–H groups in total. The number of allylic oxidation sites excluding steroid dienone is 2. The van der Waals surface area contributed by atoms with Crippen LogP contribution in [0.2, 0.25) is 0 Å². The van der Waals surface area contributed by atoms with E-state index in [1.165, 1.54) is 10.5 Å². The summed E-state index contributed by atoms with van der Waals surface area (Å²) in [5.74, 6) is -0.476. The van der Waals surface area contributed by atoms with Crippen molar-refractivity contribution < 1.29 is 14.4 Å². The number of hydrogen-bond donors (Lipinski definition) is 1. The lowest BCUT2D eigenvalue weighted by molar-refractivity contribution is -0.140. The van der Waals surface area contributed by atoms with E-state index in [-0.39, 0.29) is 42.5 Å². The summed E-state index contributed by atoms with van der Waals surface area (Å²) in [6.45, 7) is 4.39. The molecule has 1 aromatic carbocycles. The van der Waals surface area contributed by atoms with Crippen LogP contribution in [0.1, 0.15) is 44.6 Å². The van der Waals surface area contributed by atoms with E-state index in [0.29, 0.717) is 18.8 Å². The molecule has 0 saturated carbocycles. The molecule has 0 aromatic heterocycles. The fraction of sp³-hybridized carbons (Fsp3) is 0.450. The van der Waals surface area contributed by atoms with Crippen molar-refractivity contribution >= 4 is 23.4 Å². The lowest BCUT2D eigenvalue weighted by Crippen LogP contribution is -2.34. The van der Waals surface area contributed by atoms with Crippen molar-refractivity contribution in [2.45, 2.75) is 39.0 Å². The highest BCUT2D eigenvalue weighted by molar-refractivity contribution is 6.05. The van der Waals surface area contributed by atoms with Crippen molar-refractivity contribution in [1.29, 1.82) is 0 Å². The molecule has 1 aliphatic heterocycles. The number of nitrogens with one attached hydrogen (secondary N) is 1. The van der Waals surface area contributed by atoms with Crippen molar-refractivity contribution in [2.24, 2.45) is 11.8 Å². The topological polar surface area (TPSA) is 66.5 Å². The minimum absolute atomic E-state index is 0.121. The van der Waals surface area contributed by atoms with Crippen LogP contribution in [0.4, 0.5) is 5.69 Å². The predicted molar refractivity (Wildman–Crippen MR) is 95.9 cm³/mol. The Kier molecular flexibility index (Phi) is 5.02. The molecular weight excluding hydrogens is 316 g/mol. The van der Waals surface area contributed by atoms with Gasteiger partial charge in [0.2, 0.25) is 17.7 Å². The molecule has 3 rings (SSSR count). The Labute approximate surface area is 148 Å². The maximum absolute atomic E-state index is 12.4. The maximum Gasteiger partial charge on any atom is 0.233 e. The van der Waals surface area contributed by atoms with Crippen LogP contribution in [0.3, 0.4) is 0 Å². The number of imide groups is 1. The first-order chi connectivity index (χ1) is 12.0. The van der Waals surface area contributed by atoms with Crippen LogP contribution in [0.15, 0.2) is 36.4 Å².